The molecule has 1 rings (SSSR count). The van der Waals surface area contributed by atoms with Crippen LogP contribution in [0.2, 0.25) is 0 Å². The Kier molecular flexibility index (Phi) is 7.33. The van der Waals surface area contributed by atoms with Crippen molar-refractivity contribution in [2.24, 2.45) is 17.6 Å². The lowest BCUT2D eigenvalue weighted by Crippen LogP contribution is -2.41. The van der Waals surface area contributed by atoms with Crippen molar-refractivity contribution in [3.05, 3.63) is 0 Å². The molecule has 1 aliphatic rings. The molecule has 3 atom stereocenters. The van der Waals surface area contributed by atoms with Crippen molar-refractivity contribution < 1.29 is 4.79 Å². The fourth-order valence-corrected chi connectivity index (χ4v) is 2.99. The Bertz CT molecular complexity index is 243. The zero-order valence-electron chi connectivity index (χ0n) is 12.1. The fraction of sp³-hybridized carbons (Fsp3) is 0.933. The highest BCUT2D eigenvalue weighted by molar-refractivity contribution is 5.76. The van der Waals surface area contributed by atoms with Crippen molar-refractivity contribution >= 4 is 5.91 Å². The predicted octanol–water partition coefficient (Wildman–Crippen LogP) is 2.84. The van der Waals surface area contributed by atoms with Crippen LogP contribution in [0.5, 0.6) is 0 Å². The van der Waals surface area contributed by atoms with Gasteiger partial charge in [0.1, 0.15) is 0 Å². The standard InChI is InChI=1S/C15H30N2O/c1-3-4-8-14(11-16)17-15(18)10-13-7-5-6-12(2)9-13/h12-14H,3-11,16H2,1-2H3,(H,17,18). The molecule has 0 aromatic heterocycles. The largest absolute Gasteiger partial charge is 0.352 e. The van der Waals surface area contributed by atoms with Crippen molar-refractivity contribution in [2.75, 3.05) is 6.54 Å². The minimum Gasteiger partial charge on any atom is -0.352 e. The minimum absolute atomic E-state index is 0.179. The molecule has 0 radical (unpaired) electrons. The van der Waals surface area contributed by atoms with Gasteiger partial charge in [-0.1, -0.05) is 39.5 Å². The van der Waals surface area contributed by atoms with Crippen molar-refractivity contribution in [3.8, 4) is 0 Å². The van der Waals surface area contributed by atoms with Crippen LogP contribution in [0.15, 0.2) is 0 Å². The molecule has 1 fully saturated rings. The van der Waals surface area contributed by atoms with Crippen molar-refractivity contribution in [1.82, 2.24) is 5.32 Å². The van der Waals surface area contributed by atoms with Crippen LogP contribution in [0.25, 0.3) is 0 Å². The summed E-state index contributed by atoms with van der Waals surface area (Å²) in [6.45, 7) is 5.03. The number of nitrogens with two attached hydrogens (primary N) is 1. The summed E-state index contributed by atoms with van der Waals surface area (Å²) in [6, 6.07) is 0.179. The van der Waals surface area contributed by atoms with E-state index in [-0.39, 0.29) is 11.9 Å². The first kappa shape index (κ1) is 15.5. The molecule has 18 heavy (non-hydrogen) atoms. The third-order valence-electron chi connectivity index (χ3n) is 4.07. The van der Waals surface area contributed by atoms with E-state index in [9.17, 15) is 4.79 Å². The zero-order valence-corrected chi connectivity index (χ0v) is 12.1. The molecule has 3 nitrogen and oxygen atoms in total. The molecule has 0 heterocycles. The van der Waals surface area contributed by atoms with Gasteiger partial charge in [0, 0.05) is 19.0 Å². The number of nitrogens with one attached hydrogen (secondary N) is 1. The van der Waals surface area contributed by atoms with Crippen LogP contribution in [-0.2, 0) is 4.79 Å². The van der Waals surface area contributed by atoms with Gasteiger partial charge in [0.25, 0.3) is 0 Å². The molecule has 0 spiro atoms. The first-order valence-corrected chi connectivity index (χ1v) is 7.65. The van der Waals surface area contributed by atoms with Gasteiger partial charge < -0.3 is 11.1 Å². The second-order valence-electron chi connectivity index (χ2n) is 5.98. The maximum atomic E-state index is 12.0. The van der Waals surface area contributed by atoms with Crippen LogP contribution < -0.4 is 11.1 Å². The normalized spacial score (nSPS) is 25.7. The smallest absolute Gasteiger partial charge is 0.220 e. The van der Waals surface area contributed by atoms with Gasteiger partial charge in [0.15, 0.2) is 0 Å². The van der Waals surface area contributed by atoms with Gasteiger partial charge in [-0.2, -0.15) is 0 Å². The van der Waals surface area contributed by atoms with E-state index in [1.54, 1.807) is 0 Å². The van der Waals surface area contributed by atoms with E-state index in [1.807, 2.05) is 0 Å². The average molecular weight is 254 g/mol. The van der Waals surface area contributed by atoms with Crippen LogP contribution in [-0.4, -0.2) is 18.5 Å². The van der Waals surface area contributed by atoms with Crippen LogP contribution in [0.4, 0.5) is 0 Å². The van der Waals surface area contributed by atoms with Crippen LogP contribution in [0.3, 0.4) is 0 Å². The number of hydrogen-bond donors (Lipinski definition) is 2. The van der Waals surface area contributed by atoms with E-state index in [2.05, 4.69) is 19.2 Å². The van der Waals surface area contributed by atoms with E-state index in [1.165, 1.54) is 25.7 Å². The molecule has 3 heteroatoms. The Morgan fingerprint density at radius 3 is 2.83 bits per heavy atom. The number of carbonyl (C=O) groups is 1. The summed E-state index contributed by atoms with van der Waals surface area (Å²) < 4.78 is 0. The molecule has 106 valence electrons. The van der Waals surface area contributed by atoms with Gasteiger partial charge in [-0.25, -0.2) is 0 Å². The Morgan fingerprint density at radius 1 is 1.44 bits per heavy atom. The summed E-state index contributed by atoms with van der Waals surface area (Å²) in [7, 11) is 0. The van der Waals surface area contributed by atoms with Gasteiger partial charge in [0.2, 0.25) is 5.91 Å². The van der Waals surface area contributed by atoms with E-state index in [4.69, 9.17) is 5.73 Å². The summed E-state index contributed by atoms with van der Waals surface area (Å²) >= 11 is 0. The second-order valence-corrected chi connectivity index (χ2v) is 5.98. The summed E-state index contributed by atoms with van der Waals surface area (Å²) in [6.07, 6.45) is 9.08. The lowest BCUT2D eigenvalue weighted by Gasteiger charge is -2.27. The van der Waals surface area contributed by atoms with Crippen molar-refractivity contribution in [1.29, 1.82) is 0 Å². The molecule has 1 saturated carbocycles. The van der Waals surface area contributed by atoms with Crippen molar-refractivity contribution in [3.63, 3.8) is 0 Å². The molecule has 0 aromatic carbocycles. The molecule has 0 aliphatic heterocycles. The first-order chi connectivity index (χ1) is 8.65. The lowest BCUT2D eigenvalue weighted by molar-refractivity contribution is -0.123. The Morgan fingerprint density at radius 2 is 2.22 bits per heavy atom. The number of unbranched alkanes of at least 4 members (excludes halogenated alkanes) is 1. The molecule has 1 amide bonds. The molecule has 0 bridgehead atoms. The number of rotatable bonds is 7. The van der Waals surface area contributed by atoms with E-state index < -0.39 is 0 Å². The summed E-state index contributed by atoms with van der Waals surface area (Å²) in [4.78, 5) is 12.0. The SMILES string of the molecule is CCCCC(CN)NC(=O)CC1CCCC(C)C1. The number of carbonyl (C=O) groups excluding carboxylic acids is 1. The summed E-state index contributed by atoms with van der Waals surface area (Å²) in [5, 5.41) is 3.10. The highest BCUT2D eigenvalue weighted by Gasteiger charge is 2.22. The van der Waals surface area contributed by atoms with E-state index >= 15 is 0 Å². The van der Waals surface area contributed by atoms with Gasteiger partial charge in [-0.15, -0.1) is 0 Å². The molecular formula is C15H30N2O. The lowest BCUT2D eigenvalue weighted by atomic mass is 9.80. The van der Waals surface area contributed by atoms with Gasteiger partial charge in [0.05, 0.1) is 0 Å². The topological polar surface area (TPSA) is 55.1 Å². The van der Waals surface area contributed by atoms with Gasteiger partial charge >= 0.3 is 0 Å². The van der Waals surface area contributed by atoms with Crippen LogP contribution >= 0.6 is 0 Å². The summed E-state index contributed by atoms with van der Waals surface area (Å²) in [5.41, 5.74) is 5.70. The number of hydrogen-bond acceptors (Lipinski definition) is 2. The third kappa shape index (κ3) is 5.85. The first-order valence-electron chi connectivity index (χ1n) is 7.65. The molecular weight excluding hydrogens is 224 g/mol. The van der Waals surface area contributed by atoms with E-state index in [0.717, 1.165) is 25.2 Å². The fourth-order valence-electron chi connectivity index (χ4n) is 2.99. The highest BCUT2D eigenvalue weighted by atomic mass is 16.1. The number of amides is 1. The highest BCUT2D eigenvalue weighted by Crippen LogP contribution is 2.30. The Labute approximate surface area is 112 Å². The Balaban J connectivity index is 2.26. The molecule has 0 aromatic rings. The van der Waals surface area contributed by atoms with Crippen LogP contribution in [0, 0.1) is 11.8 Å². The maximum absolute atomic E-state index is 12.0. The van der Waals surface area contributed by atoms with E-state index in [0.29, 0.717) is 18.9 Å². The zero-order chi connectivity index (χ0) is 13.4. The molecule has 3 unspecified atom stereocenters. The average Bonchev–Trinajstić information content (AvgIpc) is 2.34. The third-order valence-corrected chi connectivity index (χ3v) is 4.07. The van der Waals surface area contributed by atoms with Crippen LogP contribution in [0.1, 0.15) is 65.2 Å². The molecule has 1 aliphatic carbocycles. The monoisotopic (exact) mass is 254 g/mol. The molecule has 0 saturated heterocycles. The quantitative estimate of drug-likeness (QED) is 0.734. The molecule has 3 N–H and O–H groups in total. The maximum Gasteiger partial charge on any atom is 0.220 e. The predicted molar refractivity (Wildman–Crippen MR) is 76.2 cm³/mol. The van der Waals surface area contributed by atoms with Gasteiger partial charge in [-0.05, 0) is 31.1 Å². The Hall–Kier alpha value is -0.570. The second kappa shape index (κ2) is 8.52. The van der Waals surface area contributed by atoms with Crippen molar-refractivity contribution in [2.45, 2.75) is 71.3 Å². The minimum atomic E-state index is 0.179. The summed E-state index contributed by atoms with van der Waals surface area (Å²) in [5.74, 6) is 1.60. The van der Waals surface area contributed by atoms with Gasteiger partial charge in [-0.3, -0.25) is 4.79 Å².